The normalized spacial score (nSPS) is 20.4. The number of hydrogen-bond donors (Lipinski definition) is 1. The number of halogens is 3. The molecule has 3 nitrogen and oxygen atoms in total. The third-order valence-corrected chi connectivity index (χ3v) is 2.31. The molecule has 1 atom stereocenters. The van der Waals surface area contributed by atoms with Crippen molar-refractivity contribution in [2.75, 3.05) is 6.61 Å². The maximum absolute atomic E-state index is 12.3. The molecule has 0 spiro atoms. The van der Waals surface area contributed by atoms with Gasteiger partial charge in [-0.3, -0.25) is 0 Å². The van der Waals surface area contributed by atoms with Crippen molar-refractivity contribution < 1.29 is 22.7 Å². The Kier molecular flexibility index (Phi) is 2.49. The van der Waals surface area contributed by atoms with Gasteiger partial charge in [-0.2, -0.15) is 13.2 Å². The van der Waals surface area contributed by atoms with Gasteiger partial charge in [-0.15, -0.1) is 0 Å². The molecule has 16 heavy (non-hydrogen) atoms. The molecule has 0 aliphatic carbocycles. The average molecular weight is 231 g/mol. The lowest BCUT2D eigenvalue weighted by Gasteiger charge is -2.10. The average Bonchev–Trinajstić information content (AvgIpc) is 2.64. The van der Waals surface area contributed by atoms with Crippen LogP contribution in [0.2, 0.25) is 0 Å². The van der Waals surface area contributed by atoms with Gasteiger partial charge in [0.2, 0.25) is 0 Å². The molecule has 1 N–H and O–H groups in total. The Morgan fingerprint density at radius 2 is 1.88 bits per heavy atom. The van der Waals surface area contributed by atoms with Gasteiger partial charge in [-0.25, -0.2) is 4.79 Å². The van der Waals surface area contributed by atoms with E-state index in [-0.39, 0.29) is 12.6 Å². The van der Waals surface area contributed by atoms with Gasteiger partial charge < -0.3 is 10.1 Å². The molecule has 1 aromatic carbocycles. The van der Waals surface area contributed by atoms with E-state index in [4.69, 9.17) is 0 Å². The number of carbonyl (C=O) groups excluding carboxylic acids is 1. The minimum atomic E-state index is -4.34. The number of amides is 1. The molecule has 0 bridgehead atoms. The molecule has 6 heteroatoms. The van der Waals surface area contributed by atoms with E-state index in [9.17, 15) is 18.0 Å². The van der Waals surface area contributed by atoms with E-state index < -0.39 is 17.8 Å². The fourth-order valence-corrected chi connectivity index (χ4v) is 1.47. The van der Waals surface area contributed by atoms with Crippen molar-refractivity contribution in [3.8, 4) is 0 Å². The molecule has 1 aliphatic rings. The van der Waals surface area contributed by atoms with Crippen LogP contribution in [-0.2, 0) is 10.9 Å². The number of carbonyl (C=O) groups is 1. The number of nitrogens with one attached hydrogen (secondary N) is 1. The van der Waals surface area contributed by atoms with Gasteiger partial charge in [0.05, 0.1) is 11.6 Å². The van der Waals surface area contributed by atoms with Gasteiger partial charge in [-0.1, -0.05) is 12.1 Å². The predicted octanol–water partition coefficient (Wildman–Crippen LogP) is 2.49. The van der Waals surface area contributed by atoms with Gasteiger partial charge in [0, 0.05) is 0 Å². The van der Waals surface area contributed by atoms with Crippen LogP contribution in [0.15, 0.2) is 24.3 Å². The summed E-state index contributed by atoms with van der Waals surface area (Å²) in [5.41, 5.74) is -0.111. The highest BCUT2D eigenvalue weighted by atomic mass is 19.4. The first-order valence-electron chi connectivity index (χ1n) is 4.57. The van der Waals surface area contributed by atoms with E-state index in [2.05, 4.69) is 10.1 Å². The number of cyclic esters (lactones) is 1. The summed E-state index contributed by atoms with van der Waals surface area (Å²) >= 11 is 0. The van der Waals surface area contributed by atoms with E-state index in [0.717, 1.165) is 12.1 Å². The minimum absolute atomic E-state index is 0.143. The zero-order valence-corrected chi connectivity index (χ0v) is 8.04. The molecule has 1 amide bonds. The first-order chi connectivity index (χ1) is 7.47. The molecular weight excluding hydrogens is 223 g/mol. The second-order valence-electron chi connectivity index (χ2n) is 3.42. The Balaban J connectivity index is 2.17. The number of hydrogen-bond acceptors (Lipinski definition) is 2. The summed E-state index contributed by atoms with van der Waals surface area (Å²) in [7, 11) is 0. The number of rotatable bonds is 1. The summed E-state index contributed by atoms with van der Waals surface area (Å²) in [6.45, 7) is 0.143. The Labute approximate surface area is 89.2 Å². The van der Waals surface area contributed by atoms with Crippen molar-refractivity contribution >= 4 is 6.09 Å². The molecule has 1 aromatic rings. The first kappa shape index (κ1) is 10.8. The second kappa shape index (κ2) is 3.70. The van der Waals surface area contributed by atoms with Crippen LogP contribution >= 0.6 is 0 Å². The molecule has 2 rings (SSSR count). The third-order valence-electron chi connectivity index (χ3n) is 2.31. The molecule has 0 aromatic heterocycles. The second-order valence-corrected chi connectivity index (χ2v) is 3.42. The topological polar surface area (TPSA) is 38.3 Å². The molecule has 86 valence electrons. The van der Waals surface area contributed by atoms with E-state index in [1.165, 1.54) is 12.1 Å². The zero-order chi connectivity index (χ0) is 11.8. The maximum atomic E-state index is 12.3. The summed E-state index contributed by atoms with van der Waals surface area (Å²) < 4.78 is 41.4. The Bertz CT molecular complexity index is 400. The molecular formula is C10H8F3NO2. The summed E-state index contributed by atoms with van der Waals surface area (Å²) in [6, 6.07) is 4.28. The molecule has 0 saturated carbocycles. The Hall–Kier alpha value is -1.72. The van der Waals surface area contributed by atoms with Gasteiger partial charge in [0.1, 0.15) is 6.61 Å². The quantitative estimate of drug-likeness (QED) is 0.806. The zero-order valence-electron chi connectivity index (χ0n) is 8.04. The molecule has 1 aliphatic heterocycles. The predicted molar refractivity (Wildman–Crippen MR) is 48.7 cm³/mol. The summed E-state index contributed by atoms with van der Waals surface area (Å²) in [5, 5.41) is 2.49. The van der Waals surface area contributed by atoms with Gasteiger partial charge in [0.15, 0.2) is 0 Å². The monoisotopic (exact) mass is 231 g/mol. The smallest absolute Gasteiger partial charge is 0.416 e. The number of ether oxygens (including phenoxy) is 1. The van der Waals surface area contributed by atoms with Gasteiger partial charge in [0.25, 0.3) is 0 Å². The van der Waals surface area contributed by atoms with E-state index in [1.54, 1.807) is 0 Å². The fraction of sp³-hybridized carbons (Fsp3) is 0.300. The minimum Gasteiger partial charge on any atom is -0.447 e. The van der Waals surface area contributed by atoms with Crippen LogP contribution in [0.4, 0.5) is 18.0 Å². The largest absolute Gasteiger partial charge is 0.447 e. The first-order valence-corrected chi connectivity index (χ1v) is 4.57. The summed E-state index contributed by atoms with van der Waals surface area (Å²) in [5.74, 6) is 0. The van der Waals surface area contributed by atoms with Crippen molar-refractivity contribution in [3.05, 3.63) is 35.4 Å². The molecule has 0 radical (unpaired) electrons. The Morgan fingerprint density at radius 1 is 1.25 bits per heavy atom. The van der Waals surface area contributed by atoms with Crippen LogP contribution in [-0.4, -0.2) is 12.7 Å². The lowest BCUT2D eigenvalue weighted by atomic mass is 10.1. The number of benzene rings is 1. The summed E-state index contributed by atoms with van der Waals surface area (Å²) in [6.07, 6.45) is -4.89. The van der Waals surface area contributed by atoms with Gasteiger partial charge >= 0.3 is 12.3 Å². The lowest BCUT2D eigenvalue weighted by molar-refractivity contribution is -0.137. The highest BCUT2D eigenvalue weighted by Gasteiger charge is 2.31. The number of alkyl halides is 3. The van der Waals surface area contributed by atoms with Crippen LogP contribution in [0.1, 0.15) is 17.2 Å². The van der Waals surface area contributed by atoms with Gasteiger partial charge in [-0.05, 0) is 17.7 Å². The molecule has 1 saturated heterocycles. The molecule has 1 unspecified atom stereocenters. The highest BCUT2D eigenvalue weighted by molar-refractivity contribution is 5.70. The standard InChI is InChI=1S/C10H8F3NO2/c11-10(12,13)7-3-1-6(2-4-7)8-5-16-9(15)14-8/h1-4,8H,5H2,(H,14,15). The van der Waals surface area contributed by atoms with E-state index >= 15 is 0 Å². The van der Waals surface area contributed by atoms with E-state index in [0.29, 0.717) is 5.56 Å². The number of alkyl carbamates (subject to hydrolysis) is 1. The van der Waals surface area contributed by atoms with Crippen molar-refractivity contribution in [3.63, 3.8) is 0 Å². The van der Waals surface area contributed by atoms with Crippen molar-refractivity contribution in [2.24, 2.45) is 0 Å². The van der Waals surface area contributed by atoms with Crippen LogP contribution < -0.4 is 5.32 Å². The molecule has 1 heterocycles. The van der Waals surface area contributed by atoms with Crippen molar-refractivity contribution in [1.29, 1.82) is 0 Å². The van der Waals surface area contributed by atoms with Crippen LogP contribution in [0, 0.1) is 0 Å². The van der Waals surface area contributed by atoms with E-state index in [1.807, 2.05) is 0 Å². The van der Waals surface area contributed by atoms with Crippen LogP contribution in [0.5, 0.6) is 0 Å². The van der Waals surface area contributed by atoms with Crippen LogP contribution in [0.3, 0.4) is 0 Å². The lowest BCUT2D eigenvalue weighted by Crippen LogP contribution is -2.18. The van der Waals surface area contributed by atoms with Crippen molar-refractivity contribution in [1.82, 2.24) is 5.32 Å². The fourth-order valence-electron chi connectivity index (χ4n) is 1.47. The SMILES string of the molecule is O=C1NC(c2ccc(C(F)(F)F)cc2)CO1. The maximum Gasteiger partial charge on any atom is 0.416 e. The summed E-state index contributed by atoms with van der Waals surface area (Å²) in [4.78, 5) is 10.7. The third kappa shape index (κ3) is 2.10. The Morgan fingerprint density at radius 3 is 2.31 bits per heavy atom. The highest BCUT2D eigenvalue weighted by Crippen LogP contribution is 2.30. The van der Waals surface area contributed by atoms with Crippen molar-refractivity contribution in [2.45, 2.75) is 12.2 Å². The molecule has 1 fully saturated rings. The van der Waals surface area contributed by atoms with Crippen LogP contribution in [0.25, 0.3) is 0 Å².